The summed E-state index contributed by atoms with van der Waals surface area (Å²) >= 11 is -1.83. The van der Waals surface area contributed by atoms with Crippen LogP contribution in [0.4, 0.5) is 0 Å². The molecule has 0 saturated carbocycles. The van der Waals surface area contributed by atoms with Crippen LogP contribution in [0.15, 0.2) is 126 Å². The maximum atomic E-state index is 7.35. The second kappa shape index (κ2) is 13.9. The van der Waals surface area contributed by atoms with Crippen LogP contribution < -0.4 is 4.40 Å². The summed E-state index contributed by atoms with van der Waals surface area (Å²) < 4.78 is 29.6. The largest absolute Gasteiger partial charge is 0 e. The van der Waals surface area contributed by atoms with Crippen LogP contribution in [0.5, 0.6) is 0 Å². The summed E-state index contributed by atoms with van der Waals surface area (Å²) in [6, 6.07) is 42.4. The smallest absolute Gasteiger partial charge is 0 e. The van der Waals surface area contributed by atoms with E-state index in [1.807, 2.05) is 36.5 Å². The van der Waals surface area contributed by atoms with E-state index in [-0.39, 0.29) is 25.5 Å². The minimum absolute atomic E-state index is 0. The molecule has 233 valence electrons. The molecule has 0 atom stereocenters. The summed E-state index contributed by atoms with van der Waals surface area (Å²) in [4.78, 5) is 8.96. The molecule has 7 rings (SSSR count). The van der Waals surface area contributed by atoms with Crippen LogP contribution in [0.25, 0.3) is 44.5 Å². The number of pyridine rings is 2. The fourth-order valence-corrected chi connectivity index (χ4v) is 7.61. The van der Waals surface area contributed by atoms with Crippen molar-refractivity contribution in [1.82, 2.24) is 9.97 Å². The van der Waals surface area contributed by atoms with Crippen molar-refractivity contribution in [3.05, 3.63) is 150 Å². The number of benzene rings is 4. The number of aryl methyl sites for hydroxylation is 1. The van der Waals surface area contributed by atoms with E-state index >= 15 is 0 Å². The summed E-state index contributed by atoms with van der Waals surface area (Å²) in [5.41, 5.74) is 7.93. The van der Waals surface area contributed by atoms with E-state index in [0.29, 0.717) is 5.56 Å². The Morgan fingerprint density at radius 3 is 2.22 bits per heavy atom. The zero-order valence-corrected chi connectivity index (χ0v) is 31.2. The second-order valence-corrected chi connectivity index (χ2v) is 23.4. The molecule has 0 fully saturated rings. The van der Waals surface area contributed by atoms with Gasteiger partial charge in [-0.3, -0.25) is 0 Å². The molecule has 7 aromatic rings. The average Bonchev–Trinajstić information content (AvgIpc) is 3.47. The number of furan rings is 1. The van der Waals surface area contributed by atoms with E-state index in [9.17, 15) is 0 Å². The quantitative estimate of drug-likeness (QED) is 0.128. The molecular formula is C41H38GeIrN2O-2. The first-order valence-corrected chi connectivity index (χ1v) is 22.5. The maximum absolute atomic E-state index is 7.35. The van der Waals surface area contributed by atoms with Gasteiger partial charge < -0.3 is 9.40 Å². The van der Waals surface area contributed by atoms with Gasteiger partial charge in [-0.1, -0.05) is 73.3 Å². The first kappa shape index (κ1) is 29.6. The first-order chi connectivity index (χ1) is 22.8. The molecule has 0 spiro atoms. The number of hydrogen-bond acceptors (Lipinski definition) is 3. The van der Waals surface area contributed by atoms with Gasteiger partial charge in [0.15, 0.2) is 0 Å². The summed E-state index contributed by atoms with van der Waals surface area (Å²) in [7, 11) is 0. The van der Waals surface area contributed by atoms with Gasteiger partial charge in [0.1, 0.15) is 5.58 Å². The van der Waals surface area contributed by atoms with Crippen LogP contribution in [0.2, 0.25) is 17.3 Å². The van der Waals surface area contributed by atoms with Crippen molar-refractivity contribution >= 4 is 39.6 Å². The number of nitrogens with zero attached hydrogens (tertiary/aromatic N) is 2. The van der Waals surface area contributed by atoms with Crippen LogP contribution in [-0.4, -0.2) is 23.2 Å². The monoisotopic (exact) mass is 844 g/mol. The molecular weight excluding hydrogens is 801 g/mol. The van der Waals surface area contributed by atoms with E-state index in [2.05, 4.69) is 114 Å². The third-order valence-corrected chi connectivity index (χ3v) is 12.5. The van der Waals surface area contributed by atoms with Gasteiger partial charge in [-0.15, -0.1) is 18.2 Å². The zero-order valence-electron chi connectivity index (χ0n) is 29.7. The molecule has 0 amide bonds. The van der Waals surface area contributed by atoms with Crippen molar-refractivity contribution in [2.45, 2.75) is 43.4 Å². The van der Waals surface area contributed by atoms with E-state index in [0.717, 1.165) is 44.5 Å². The zero-order chi connectivity index (χ0) is 34.1. The van der Waals surface area contributed by atoms with Crippen molar-refractivity contribution in [3.63, 3.8) is 0 Å². The molecule has 5 heteroatoms. The summed E-state index contributed by atoms with van der Waals surface area (Å²) in [6.07, 6.45) is 3.74. The van der Waals surface area contributed by atoms with Crippen molar-refractivity contribution in [2.75, 3.05) is 0 Å². The molecule has 3 heterocycles. The normalized spacial score (nSPS) is 12.8. The van der Waals surface area contributed by atoms with Crippen LogP contribution in [0.3, 0.4) is 0 Å². The molecule has 0 aliphatic rings. The molecule has 0 bridgehead atoms. The standard InChI is InChI=1S/C26H20NO.C15H18GeN.Ir/c1-26(2,18-9-4-3-5-10-18)19-14-15-24-22(17-19)20-11-8-12-21(25(20)28-24)23-13-6-7-16-27-23;1-12-5-7-13(8-6-12)15-10-9-14(11-17-15)16(2,3)4;/h3-11,13-17H,1-2H3;5-7,9-11H,1-4H3;/q2*-1;/i;1D3;. The molecule has 3 nitrogen and oxygen atoms in total. The third kappa shape index (κ3) is 7.10. The van der Waals surface area contributed by atoms with Gasteiger partial charge in [-0.05, 0) is 35.0 Å². The molecule has 4 aromatic carbocycles. The van der Waals surface area contributed by atoms with Crippen LogP contribution in [0, 0.1) is 19.0 Å². The van der Waals surface area contributed by atoms with Gasteiger partial charge in [0.25, 0.3) is 0 Å². The van der Waals surface area contributed by atoms with Crippen molar-refractivity contribution < 1.29 is 28.6 Å². The minimum Gasteiger partial charge on any atom is 0 e. The molecule has 0 aliphatic heterocycles. The Balaban J connectivity index is 0.000000199. The minimum atomic E-state index is -2.08. The molecule has 0 N–H and O–H groups in total. The van der Waals surface area contributed by atoms with Gasteiger partial charge in [-0.2, -0.15) is 0 Å². The summed E-state index contributed by atoms with van der Waals surface area (Å²) in [5, 5.41) is 2.22. The average molecular weight is 843 g/mol. The molecule has 0 saturated heterocycles. The Morgan fingerprint density at radius 2 is 1.57 bits per heavy atom. The third-order valence-electron chi connectivity index (χ3n) is 8.29. The fraction of sp³-hybridized carbons (Fsp3) is 0.171. The van der Waals surface area contributed by atoms with E-state index in [4.69, 9.17) is 8.53 Å². The van der Waals surface area contributed by atoms with Crippen molar-refractivity contribution in [2.24, 2.45) is 0 Å². The number of rotatable bonds is 5. The van der Waals surface area contributed by atoms with Gasteiger partial charge in [-0.25, -0.2) is 0 Å². The van der Waals surface area contributed by atoms with Crippen molar-refractivity contribution in [1.29, 1.82) is 0 Å². The summed E-state index contributed by atoms with van der Waals surface area (Å²) in [6.45, 7) is 2.45. The van der Waals surface area contributed by atoms with Crippen molar-refractivity contribution in [3.8, 4) is 22.5 Å². The van der Waals surface area contributed by atoms with Crippen LogP contribution >= 0.6 is 0 Å². The van der Waals surface area contributed by atoms with Crippen LogP contribution in [-0.2, 0) is 25.5 Å². The Hall–Kier alpha value is -3.83. The Bertz CT molecular complexity index is 2100. The topological polar surface area (TPSA) is 38.9 Å². The predicted molar refractivity (Wildman–Crippen MR) is 191 cm³/mol. The van der Waals surface area contributed by atoms with E-state index in [1.165, 1.54) is 21.6 Å². The Morgan fingerprint density at radius 1 is 0.761 bits per heavy atom. The van der Waals surface area contributed by atoms with E-state index < -0.39 is 20.1 Å². The van der Waals surface area contributed by atoms with Gasteiger partial charge >= 0.3 is 110 Å². The summed E-state index contributed by atoms with van der Waals surface area (Å²) in [5.74, 6) is 6.98. The molecule has 1 radical (unpaired) electrons. The number of hydrogen-bond donors (Lipinski definition) is 0. The van der Waals surface area contributed by atoms with Gasteiger partial charge in [0.05, 0.1) is 5.58 Å². The van der Waals surface area contributed by atoms with Gasteiger partial charge in [0.2, 0.25) is 0 Å². The number of aromatic nitrogens is 2. The van der Waals surface area contributed by atoms with Crippen LogP contribution in [0.1, 0.15) is 34.7 Å². The molecule has 46 heavy (non-hydrogen) atoms. The predicted octanol–water partition coefficient (Wildman–Crippen LogP) is 10.2. The fourth-order valence-electron chi connectivity index (χ4n) is 5.43. The molecule has 3 aromatic heterocycles. The van der Waals surface area contributed by atoms with Gasteiger partial charge in [0, 0.05) is 37.1 Å². The molecule has 0 unspecified atom stereocenters. The number of fused-ring (bicyclic) bond motifs is 3. The Labute approximate surface area is 293 Å². The first-order valence-electron chi connectivity index (χ1n) is 16.7. The van der Waals surface area contributed by atoms with E-state index in [1.54, 1.807) is 18.3 Å². The Kier molecular flexibility index (Phi) is 8.93. The maximum Gasteiger partial charge on any atom is 0 e. The molecule has 0 aliphatic carbocycles. The SMILES string of the molecule is CC(C)(c1ccccc1)c1ccc2oc3c(-c4ccccn4)[c-]ccc3c2c1.[2H]C([2H])([2H])c1c[c-]c(-c2cc[c]([Ge]([CH3])([CH3])[CH3])cn2)cc1.[Ir]. The second-order valence-electron chi connectivity index (χ2n) is 12.8.